The molecule has 2 rings (SSSR count). The van der Waals surface area contributed by atoms with Crippen LogP contribution in [-0.4, -0.2) is 12.1 Å². The van der Waals surface area contributed by atoms with Crippen LogP contribution in [0.4, 0.5) is 8.78 Å². The summed E-state index contributed by atoms with van der Waals surface area (Å²) in [5.74, 6) is -5.28. The summed E-state index contributed by atoms with van der Waals surface area (Å²) in [4.78, 5) is 10.7. The van der Waals surface area contributed by atoms with Crippen molar-refractivity contribution in [3.8, 4) is 5.75 Å². The van der Waals surface area contributed by atoms with Crippen LogP contribution in [0.2, 0.25) is 0 Å². The van der Waals surface area contributed by atoms with Crippen LogP contribution in [0.3, 0.4) is 0 Å². The molecular weight excluding hydrogens is 357 g/mol. The number of rotatable bonds is 5. The molecular formula is C14H14BrF2NaO3. The van der Waals surface area contributed by atoms with E-state index in [1.54, 1.807) is 0 Å². The Morgan fingerprint density at radius 3 is 2.57 bits per heavy atom. The molecule has 0 amide bonds. The van der Waals surface area contributed by atoms with Crippen LogP contribution in [0.25, 0.3) is 0 Å². The van der Waals surface area contributed by atoms with Crippen molar-refractivity contribution in [2.24, 2.45) is 5.92 Å². The number of carbonyl (C=O) groups is 1. The number of carboxylic acids is 1. The molecule has 110 valence electrons. The zero-order valence-corrected chi connectivity index (χ0v) is 15.5. The zero-order valence-electron chi connectivity index (χ0n) is 11.9. The molecule has 0 bridgehead atoms. The standard InChI is InChI=1S/C14H15BrF2O3.Na/c1-8(13(18)19)20-12-6-5-10(15)7-11(12)14(16,17)9-3-2-4-9;/h5-9H,2-4H2,1H3,(H,18,19);/q;+1/p-1/t8-;/m0./s1. The van der Waals surface area contributed by atoms with E-state index in [-0.39, 0.29) is 40.9 Å². The molecule has 1 fully saturated rings. The zero-order chi connectivity index (χ0) is 14.9. The van der Waals surface area contributed by atoms with Gasteiger partial charge in [0.2, 0.25) is 0 Å². The second-order valence-electron chi connectivity index (χ2n) is 4.97. The molecule has 0 N–H and O–H groups in total. The fourth-order valence-corrected chi connectivity index (χ4v) is 2.46. The van der Waals surface area contributed by atoms with Crippen molar-refractivity contribution in [1.82, 2.24) is 0 Å². The molecule has 0 unspecified atom stereocenters. The first-order chi connectivity index (χ1) is 9.32. The topological polar surface area (TPSA) is 49.4 Å². The summed E-state index contributed by atoms with van der Waals surface area (Å²) >= 11 is 3.16. The van der Waals surface area contributed by atoms with Gasteiger partial charge < -0.3 is 14.6 Å². The number of alkyl halides is 2. The molecule has 0 spiro atoms. The minimum absolute atomic E-state index is 0. The average molecular weight is 371 g/mol. The average Bonchev–Trinajstić information content (AvgIpc) is 2.28. The smallest absolute Gasteiger partial charge is 0.546 e. The van der Waals surface area contributed by atoms with Gasteiger partial charge in [-0.15, -0.1) is 0 Å². The maximum Gasteiger partial charge on any atom is 1.00 e. The van der Waals surface area contributed by atoms with Crippen molar-refractivity contribution >= 4 is 21.9 Å². The van der Waals surface area contributed by atoms with E-state index in [1.165, 1.54) is 25.1 Å². The minimum atomic E-state index is -3.02. The molecule has 7 heteroatoms. The maximum atomic E-state index is 14.4. The molecule has 1 aliphatic carbocycles. The van der Waals surface area contributed by atoms with Gasteiger partial charge in [0.1, 0.15) is 11.9 Å². The van der Waals surface area contributed by atoms with Crippen molar-refractivity contribution in [2.45, 2.75) is 38.2 Å². The van der Waals surface area contributed by atoms with E-state index in [2.05, 4.69) is 15.9 Å². The van der Waals surface area contributed by atoms with Crippen LogP contribution in [0.5, 0.6) is 5.75 Å². The molecule has 1 aromatic carbocycles. The molecule has 1 aromatic rings. The van der Waals surface area contributed by atoms with Crippen molar-refractivity contribution in [2.75, 3.05) is 0 Å². The van der Waals surface area contributed by atoms with Crippen LogP contribution >= 0.6 is 15.9 Å². The van der Waals surface area contributed by atoms with Crippen LogP contribution in [0.1, 0.15) is 31.7 Å². The van der Waals surface area contributed by atoms with Crippen LogP contribution in [-0.2, 0) is 10.7 Å². The fourth-order valence-electron chi connectivity index (χ4n) is 2.09. The molecule has 0 saturated heterocycles. The molecule has 0 radical (unpaired) electrons. The third-order valence-electron chi connectivity index (χ3n) is 3.55. The number of carboxylic acid groups (broad SMARTS) is 1. The van der Waals surface area contributed by atoms with Crippen molar-refractivity contribution in [3.63, 3.8) is 0 Å². The largest absolute Gasteiger partial charge is 1.00 e. The predicted octanol–water partition coefficient (Wildman–Crippen LogP) is -0.138. The van der Waals surface area contributed by atoms with Gasteiger partial charge in [-0.25, -0.2) is 8.78 Å². The Morgan fingerprint density at radius 2 is 2.10 bits per heavy atom. The molecule has 1 saturated carbocycles. The van der Waals surface area contributed by atoms with Gasteiger partial charge in [-0.2, -0.15) is 0 Å². The van der Waals surface area contributed by atoms with E-state index < -0.39 is 23.9 Å². The third-order valence-corrected chi connectivity index (χ3v) is 4.05. The Balaban J connectivity index is 0.00000220. The normalized spacial score (nSPS) is 16.6. The van der Waals surface area contributed by atoms with Gasteiger partial charge in [0.25, 0.3) is 5.92 Å². The van der Waals surface area contributed by atoms with Crippen molar-refractivity contribution in [1.29, 1.82) is 0 Å². The van der Waals surface area contributed by atoms with Gasteiger partial charge in [0, 0.05) is 10.4 Å². The molecule has 3 nitrogen and oxygen atoms in total. The van der Waals surface area contributed by atoms with Crippen LogP contribution in [0.15, 0.2) is 22.7 Å². The van der Waals surface area contributed by atoms with Crippen molar-refractivity contribution in [3.05, 3.63) is 28.2 Å². The number of aliphatic carboxylic acids is 1. The van der Waals surface area contributed by atoms with E-state index in [0.717, 1.165) is 6.42 Å². The van der Waals surface area contributed by atoms with Gasteiger partial charge in [-0.1, -0.05) is 22.4 Å². The second kappa shape index (κ2) is 7.40. The van der Waals surface area contributed by atoms with Gasteiger partial charge in [-0.05, 0) is 38.0 Å². The number of ether oxygens (including phenoxy) is 1. The first kappa shape index (κ1) is 18.9. The molecule has 0 heterocycles. The second-order valence-corrected chi connectivity index (χ2v) is 5.89. The summed E-state index contributed by atoms with van der Waals surface area (Å²) in [5.41, 5.74) is -0.273. The Labute approximate surface area is 152 Å². The first-order valence-corrected chi connectivity index (χ1v) is 7.17. The molecule has 0 aliphatic heterocycles. The molecule has 0 aromatic heterocycles. The van der Waals surface area contributed by atoms with E-state index in [0.29, 0.717) is 17.3 Å². The maximum absolute atomic E-state index is 14.4. The monoisotopic (exact) mass is 370 g/mol. The number of carbonyl (C=O) groups excluding carboxylic acids is 1. The number of hydrogen-bond donors (Lipinski definition) is 0. The van der Waals surface area contributed by atoms with E-state index in [9.17, 15) is 18.7 Å². The summed E-state index contributed by atoms with van der Waals surface area (Å²) in [6.07, 6.45) is 0.441. The summed E-state index contributed by atoms with van der Waals surface area (Å²) in [5, 5.41) is 10.7. The Kier molecular flexibility index (Phi) is 6.65. The van der Waals surface area contributed by atoms with Gasteiger partial charge >= 0.3 is 29.6 Å². The first-order valence-electron chi connectivity index (χ1n) is 6.37. The van der Waals surface area contributed by atoms with E-state index in [4.69, 9.17) is 4.74 Å². The van der Waals surface area contributed by atoms with Crippen molar-refractivity contribution < 1.29 is 53.0 Å². The quantitative estimate of drug-likeness (QED) is 0.678. The predicted molar refractivity (Wildman–Crippen MR) is 70.5 cm³/mol. The van der Waals surface area contributed by atoms with E-state index >= 15 is 0 Å². The Morgan fingerprint density at radius 1 is 1.48 bits per heavy atom. The molecule has 1 aliphatic rings. The van der Waals surface area contributed by atoms with Crippen LogP contribution in [0, 0.1) is 5.92 Å². The SMILES string of the molecule is C[C@H](Oc1ccc(Br)cc1C(F)(F)C1CCC1)C(=O)[O-].[Na+]. The molecule has 21 heavy (non-hydrogen) atoms. The number of benzene rings is 1. The molecule has 1 atom stereocenters. The Bertz CT molecular complexity index is 521. The van der Waals surface area contributed by atoms with Crippen LogP contribution < -0.4 is 39.4 Å². The third kappa shape index (κ3) is 4.18. The summed E-state index contributed by atoms with van der Waals surface area (Å²) < 4.78 is 34.5. The van der Waals surface area contributed by atoms with Gasteiger partial charge in [0.15, 0.2) is 0 Å². The van der Waals surface area contributed by atoms with Gasteiger partial charge in [0.05, 0.1) is 11.5 Å². The van der Waals surface area contributed by atoms with E-state index in [1.807, 2.05) is 0 Å². The summed E-state index contributed by atoms with van der Waals surface area (Å²) in [6, 6.07) is 4.18. The summed E-state index contributed by atoms with van der Waals surface area (Å²) in [7, 11) is 0. The summed E-state index contributed by atoms with van der Waals surface area (Å²) in [6.45, 7) is 1.25. The number of hydrogen-bond acceptors (Lipinski definition) is 3. The minimum Gasteiger partial charge on any atom is -0.546 e. The fraction of sp³-hybridized carbons (Fsp3) is 0.500. The van der Waals surface area contributed by atoms with Gasteiger partial charge in [-0.3, -0.25) is 0 Å². The Hall–Kier alpha value is -0.170. The number of halogens is 3.